The summed E-state index contributed by atoms with van der Waals surface area (Å²) in [6.45, 7) is 0. The van der Waals surface area contributed by atoms with Crippen LogP contribution in [0.2, 0.25) is 0 Å². The summed E-state index contributed by atoms with van der Waals surface area (Å²) in [6.07, 6.45) is -6.11. The zero-order chi connectivity index (χ0) is 12.5. The van der Waals surface area contributed by atoms with E-state index in [9.17, 15) is 26.3 Å². The van der Waals surface area contributed by atoms with Crippen LogP contribution >= 0.6 is 12.4 Å². The van der Waals surface area contributed by atoms with E-state index in [2.05, 4.69) is 0 Å². The molecule has 0 fully saturated rings. The summed E-state index contributed by atoms with van der Waals surface area (Å²) < 4.78 is 74.0. The topological polar surface area (TPSA) is 26.0 Å². The van der Waals surface area contributed by atoms with Crippen LogP contribution < -0.4 is 5.73 Å². The zero-order valence-corrected chi connectivity index (χ0v) is 9.01. The summed E-state index contributed by atoms with van der Waals surface area (Å²) in [6, 6.07) is -1.25. The Bertz CT molecular complexity index is 392. The quantitative estimate of drug-likeness (QED) is 0.651. The molecule has 0 spiro atoms. The Hall–Kier alpha value is -0.950. The van der Waals surface area contributed by atoms with Crippen molar-refractivity contribution in [2.24, 2.45) is 5.73 Å². The smallest absolute Gasteiger partial charge is 0.324 e. The van der Waals surface area contributed by atoms with E-state index in [1.165, 1.54) is 0 Å². The molecule has 0 aliphatic carbocycles. The second-order valence-electron chi connectivity index (χ2n) is 3.21. The van der Waals surface area contributed by atoms with Crippen molar-refractivity contribution in [2.45, 2.75) is 18.6 Å². The molecule has 1 atom stereocenters. The fourth-order valence-corrected chi connectivity index (χ4v) is 1.18. The van der Waals surface area contributed by atoms with E-state index in [0.717, 1.165) is 0 Å². The third-order valence-corrected chi connectivity index (χ3v) is 1.89. The Labute approximate surface area is 99.0 Å². The molecular weight excluding hydrogens is 272 g/mol. The van der Waals surface area contributed by atoms with Gasteiger partial charge in [0, 0.05) is 17.7 Å². The maximum atomic E-state index is 13.0. The monoisotopic (exact) mass is 279 g/mol. The molecule has 0 bridgehead atoms. The average molecular weight is 280 g/mol. The van der Waals surface area contributed by atoms with Crippen molar-refractivity contribution in [1.29, 1.82) is 0 Å². The predicted molar refractivity (Wildman–Crippen MR) is 51.2 cm³/mol. The van der Waals surface area contributed by atoms with Gasteiger partial charge in [0.05, 0.1) is 6.42 Å². The van der Waals surface area contributed by atoms with Crippen LogP contribution in [0.5, 0.6) is 0 Å². The minimum Gasteiger partial charge on any atom is -0.324 e. The highest BCUT2D eigenvalue weighted by atomic mass is 35.5. The van der Waals surface area contributed by atoms with Gasteiger partial charge < -0.3 is 5.73 Å². The standard InChI is InChI=1S/C9H7F6N.ClH/c10-5-2-7(12)6(11)1-4(5)8(16)3-9(13,14)15;/h1-2,8H,3,16H2;1H/t8-;/m0./s1. The lowest BCUT2D eigenvalue weighted by atomic mass is 10.0. The zero-order valence-electron chi connectivity index (χ0n) is 8.19. The molecule has 0 aliphatic heterocycles. The van der Waals surface area contributed by atoms with Gasteiger partial charge in [-0.05, 0) is 6.07 Å². The van der Waals surface area contributed by atoms with Gasteiger partial charge in [0.25, 0.3) is 0 Å². The molecule has 0 aliphatic rings. The number of benzene rings is 1. The fourth-order valence-electron chi connectivity index (χ4n) is 1.18. The summed E-state index contributed by atoms with van der Waals surface area (Å²) in [5, 5.41) is 0. The molecule has 1 aromatic rings. The first-order chi connectivity index (χ1) is 7.20. The van der Waals surface area contributed by atoms with E-state index >= 15 is 0 Å². The van der Waals surface area contributed by atoms with Crippen molar-refractivity contribution in [3.8, 4) is 0 Å². The molecule has 1 aromatic carbocycles. The Kier molecular flexibility index (Phi) is 5.28. The van der Waals surface area contributed by atoms with Crippen LogP contribution in [0.25, 0.3) is 0 Å². The molecule has 17 heavy (non-hydrogen) atoms. The molecular formula is C9H8ClF6N. The molecule has 0 heterocycles. The van der Waals surface area contributed by atoms with Crippen LogP contribution in [-0.4, -0.2) is 6.18 Å². The Morgan fingerprint density at radius 2 is 1.47 bits per heavy atom. The van der Waals surface area contributed by atoms with Gasteiger partial charge in [-0.2, -0.15) is 13.2 Å². The first kappa shape index (κ1) is 16.1. The summed E-state index contributed by atoms with van der Waals surface area (Å²) in [7, 11) is 0. The normalized spacial score (nSPS) is 13.1. The summed E-state index contributed by atoms with van der Waals surface area (Å²) in [5.41, 5.74) is 4.35. The highest BCUT2D eigenvalue weighted by molar-refractivity contribution is 5.85. The lowest BCUT2D eigenvalue weighted by Gasteiger charge is -2.15. The third-order valence-electron chi connectivity index (χ3n) is 1.89. The van der Waals surface area contributed by atoms with E-state index in [4.69, 9.17) is 5.73 Å². The van der Waals surface area contributed by atoms with Gasteiger partial charge in [0.15, 0.2) is 11.6 Å². The fraction of sp³-hybridized carbons (Fsp3) is 0.333. The number of rotatable bonds is 2. The van der Waals surface area contributed by atoms with Crippen molar-refractivity contribution < 1.29 is 26.3 Å². The number of hydrogen-bond donors (Lipinski definition) is 1. The Morgan fingerprint density at radius 3 is 1.94 bits per heavy atom. The first-order valence-corrected chi connectivity index (χ1v) is 4.17. The Balaban J connectivity index is 0.00000256. The molecule has 98 valence electrons. The molecule has 2 N–H and O–H groups in total. The SMILES string of the molecule is Cl.N[C@@H](CC(F)(F)F)c1cc(F)c(F)cc1F. The van der Waals surface area contributed by atoms with Gasteiger partial charge in [-0.3, -0.25) is 0 Å². The van der Waals surface area contributed by atoms with Crippen molar-refractivity contribution in [3.63, 3.8) is 0 Å². The molecule has 0 amide bonds. The van der Waals surface area contributed by atoms with Crippen LogP contribution in [0, 0.1) is 17.5 Å². The molecule has 1 rings (SSSR count). The van der Waals surface area contributed by atoms with Gasteiger partial charge in [0.2, 0.25) is 0 Å². The summed E-state index contributed by atoms with van der Waals surface area (Å²) in [5.74, 6) is -4.20. The van der Waals surface area contributed by atoms with Crippen LogP contribution in [0.1, 0.15) is 18.0 Å². The van der Waals surface area contributed by atoms with Crippen molar-refractivity contribution in [3.05, 3.63) is 35.1 Å². The lowest BCUT2D eigenvalue weighted by Crippen LogP contribution is -2.21. The number of nitrogens with two attached hydrogens (primary N) is 1. The molecule has 8 heteroatoms. The van der Waals surface area contributed by atoms with Crippen LogP contribution in [0.4, 0.5) is 26.3 Å². The predicted octanol–water partition coefficient (Wildman–Crippen LogP) is 3.48. The minimum absolute atomic E-state index is 0. The molecule has 0 saturated heterocycles. The number of alkyl halides is 3. The van der Waals surface area contributed by atoms with Crippen LogP contribution in [0.15, 0.2) is 12.1 Å². The van der Waals surface area contributed by atoms with E-state index < -0.39 is 41.7 Å². The minimum atomic E-state index is -4.60. The number of halogens is 7. The summed E-state index contributed by atoms with van der Waals surface area (Å²) in [4.78, 5) is 0. The van der Waals surface area contributed by atoms with Crippen molar-refractivity contribution >= 4 is 12.4 Å². The van der Waals surface area contributed by atoms with Crippen molar-refractivity contribution in [2.75, 3.05) is 0 Å². The van der Waals surface area contributed by atoms with E-state index in [1.807, 2.05) is 0 Å². The third kappa shape index (κ3) is 4.43. The van der Waals surface area contributed by atoms with Crippen LogP contribution in [-0.2, 0) is 0 Å². The lowest BCUT2D eigenvalue weighted by molar-refractivity contribution is -0.138. The highest BCUT2D eigenvalue weighted by Crippen LogP contribution is 2.29. The second kappa shape index (κ2) is 5.59. The van der Waals surface area contributed by atoms with E-state index in [-0.39, 0.29) is 18.5 Å². The maximum Gasteiger partial charge on any atom is 0.390 e. The van der Waals surface area contributed by atoms with E-state index in [1.54, 1.807) is 0 Å². The van der Waals surface area contributed by atoms with Gasteiger partial charge in [-0.25, -0.2) is 13.2 Å². The maximum absolute atomic E-state index is 13.0. The number of hydrogen-bond acceptors (Lipinski definition) is 1. The molecule has 0 saturated carbocycles. The average Bonchev–Trinajstić information content (AvgIpc) is 2.08. The van der Waals surface area contributed by atoms with Gasteiger partial charge in [-0.15, -0.1) is 12.4 Å². The van der Waals surface area contributed by atoms with Gasteiger partial charge >= 0.3 is 6.18 Å². The first-order valence-electron chi connectivity index (χ1n) is 4.17. The molecule has 0 unspecified atom stereocenters. The Morgan fingerprint density at radius 1 is 1.00 bits per heavy atom. The molecule has 0 radical (unpaired) electrons. The van der Waals surface area contributed by atoms with E-state index in [0.29, 0.717) is 6.07 Å². The van der Waals surface area contributed by atoms with Crippen molar-refractivity contribution in [1.82, 2.24) is 0 Å². The largest absolute Gasteiger partial charge is 0.390 e. The highest BCUT2D eigenvalue weighted by Gasteiger charge is 2.32. The van der Waals surface area contributed by atoms with Gasteiger partial charge in [-0.1, -0.05) is 0 Å². The summed E-state index contributed by atoms with van der Waals surface area (Å²) >= 11 is 0. The molecule has 0 aromatic heterocycles. The van der Waals surface area contributed by atoms with Crippen LogP contribution in [0.3, 0.4) is 0 Å². The molecule has 1 nitrogen and oxygen atoms in total. The van der Waals surface area contributed by atoms with Gasteiger partial charge in [0.1, 0.15) is 5.82 Å². The second-order valence-corrected chi connectivity index (χ2v) is 3.21.